The first-order valence-electron chi connectivity index (χ1n) is 4.94. The number of fused-ring (bicyclic) bond motifs is 1. The topological polar surface area (TPSA) is 38.9 Å². The van der Waals surface area contributed by atoms with Gasteiger partial charge in [-0.3, -0.25) is 4.98 Å². The molecule has 1 saturated carbocycles. The fraction of sp³-hybridized carbons (Fsp3) is 0.250. The van der Waals surface area contributed by atoms with Crippen molar-refractivity contribution in [2.45, 2.75) is 18.4 Å². The van der Waals surface area contributed by atoms with E-state index in [1.807, 2.05) is 12.4 Å². The highest BCUT2D eigenvalue weighted by Crippen LogP contribution is 2.41. The molecule has 3 rings (SSSR count). The maximum Gasteiger partial charge on any atom is 0.0346 e. The lowest BCUT2D eigenvalue weighted by Crippen LogP contribution is -2.01. The van der Waals surface area contributed by atoms with Crippen molar-refractivity contribution in [3.05, 3.63) is 42.2 Å². The number of nitrogens with zero attached hydrogens (tertiary/aromatic N) is 1. The lowest BCUT2D eigenvalue weighted by atomic mass is 10.0. The van der Waals surface area contributed by atoms with Crippen molar-refractivity contribution < 1.29 is 0 Å². The molecule has 1 aliphatic rings. The lowest BCUT2D eigenvalue weighted by Gasteiger charge is -2.04. The zero-order valence-electron chi connectivity index (χ0n) is 7.85. The van der Waals surface area contributed by atoms with Crippen LogP contribution in [0.2, 0.25) is 0 Å². The van der Waals surface area contributed by atoms with Gasteiger partial charge in [0.15, 0.2) is 0 Å². The van der Waals surface area contributed by atoms with E-state index in [0.717, 1.165) is 6.42 Å². The van der Waals surface area contributed by atoms with Crippen LogP contribution in [0.4, 0.5) is 0 Å². The van der Waals surface area contributed by atoms with Gasteiger partial charge < -0.3 is 5.73 Å². The normalized spacial score (nSPS) is 25.2. The van der Waals surface area contributed by atoms with Crippen molar-refractivity contribution in [2.24, 2.45) is 5.73 Å². The van der Waals surface area contributed by atoms with Crippen molar-refractivity contribution in [1.82, 2.24) is 4.98 Å². The third-order valence-electron chi connectivity index (χ3n) is 2.95. The highest BCUT2D eigenvalue weighted by molar-refractivity contribution is 5.85. The van der Waals surface area contributed by atoms with Crippen molar-refractivity contribution in [1.29, 1.82) is 0 Å². The number of rotatable bonds is 1. The first-order chi connectivity index (χ1) is 6.86. The summed E-state index contributed by atoms with van der Waals surface area (Å²) in [6, 6.07) is 8.81. The van der Waals surface area contributed by atoms with Crippen LogP contribution < -0.4 is 5.73 Å². The molecule has 14 heavy (non-hydrogen) atoms. The Morgan fingerprint density at radius 3 is 2.93 bits per heavy atom. The van der Waals surface area contributed by atoms with Gasteiger partial charge in [0, 0.05) is 29.7 Å². The minimum atomic E-state index is 0.369. The zero-order valence-corrected chi connectivity index (χ0v) is 7.85. The van der Waals surface area contributed by atoms with E-state index in [-0.39, 0.29) is 0 Å². The van der Waals surface area contributed by atoms with Crippen molar-refractivity contribution in [3.63, 3.8) is 0 Å². The molecule has 1 aromatic carbocycles. The number of nitrogens with two attached hydrogens (primary N) is 1. The second kappa shape index (κ2) is 2.79. The Bertz CT molecular complexity index is 473. The molecule has 2 unspecified atom stereocenters. The average Bonchev–Trinajstić information content (AvgIpc) is 2.95. The Hall–Kier alpha value is -1.41. The van der Waals surface area contributed by atoms with Gasteiger partial charge in [0.05, 0.1) is 0 Å². The third kappa shape index (κ3) is 1.11. The van der Waals surface area contributed by atoms with Crippen LogP contribution >= 0.6 is 0 Å². The van der Waals surface area contributed by atoms with Crippen LogP contribution in [0, 0.1) is 0 Å². The molecule has 0 amide bonds. The third-order valence-corrected chi connectivity index (χ3v) is 2.95. The molecule has 0 radical (unpaired) electrons. The molecular formula is C12H12N2. The highest BCUT2D eigenvalue weighted by atomic mass is 14.7. The van der Waals surface area contributed by atoms with Gasteiger partial charge in [-0.1, -0.05) is 18.2 Å². The van der Waals surface area contributed by atoms with E-state index in [0.29, 0.717) is 12.0 Å². The average molecular weight is 184 g/mol. The summed E-state index contributed by atoms with van der Waals surface area (Å²) in [5.41, 5.74) is 7.26. The SMILES string of the molecule is NC1CC1c1cccc2cnccc12. The molecule has 2 atom stereocenters. The Labute approximate surface area is 82.8 Å². The molecule has 0 bridgehead atoms. The summed E-state index contributed by atoms with van der Waals surface area (Å²) < 4.78 is 0. The molecule has 2 N–H and O–H groups in total. The van der Waals surface area contributed by atoms with Gasteiger partial charge in [-0.25, -0.2) is 0 Å². The van der Waals surface area contributed by atoms with Crippen LogP contribution in [0.3, 0.4) is 0 Å². The molecule has 1 aromatic heterocycles. The maximum atomic E-state index is 5.87. The number of aromatic nitrogens is 1. The number of hydrogen-bond donors (Lipinski definition) is 1. The number of benzene rings is 1. The molecular weight excluding hydrogens is 172 g/mol. The molecule has 70 valence electrons. The van der Waals surface area contributed by atoms with Gasteiger partial charge in [-0.15, -0.1) is 0 Å². The van der Waals surface area contributed by atoms with E-state index in [1.165, 1.54) is 16.3 Å². The van der Waals surface area contributed by atoms with Crippen molar-refractivity contribution >= 4 is 10.8 Å². The first-order valence-corrected chi connectivity index (χ1v) is 4.94. The summed E-state index contributed by atoms with van der Waals surface area (Å²) in [6.07, 6.45) is 4.88. The molecule has 2 nitrogen and oxygen atoms in total. The predicted molar refractivity (Wildman–Crippen MR) is 57.1 cm³/mol. The van der Waals surface area contributed by atoms with Gasteiger partial charge in [-0.2, -0.15) is 0 Å². The summed E-state index contributed by atoms with van der Waals surface area (Å²) in [7, 11) is 0. The summed E-state index contributed by atoms with van der Waals surface area (Å²) in [5.74, 6) is 0.570. The highest BCUT2D eigenvalue weighted by Gasteiger charge is 2.35. The summed E-state index contributed by atoms with van der Waals surface area (Å²) in [4.78, 5) is 4.12. The molecule has 0 aliphatic heterocycles. The predicted octanol–water partition coefficient (Wildman–Crippen LogP) is 2.05. The quantitative estimate of drug-likeness (QED) is 0.736. The van der Waals surface area contributed by atoms with Gasteiger partial charge in [0.25, 0.3) is 0 Å². The van der Waals surface area contributed by atoms with E-state index >= 15 is 0 Å². The van der Waals surface area contributed by atoms with Crippen LogP contribution in [-0.4, -0.2) is 11.0 Å². The van der Waals surface area contributed by atoms with Crippen LogP contribution in [0.5, 0.6) is 0 Å². The van der Waals surface area contributed by atoms with Gasteiger partial charge in [0.2, 0.25) is 0 Å². The van der Waals surface area contributed by atoms with E-state index in [1.54, 1.807) is 0 Å². The van der Waals surface area contributed by atoms with Crippen molar-refractivity contribution in [3.8, 4) is 0 Å². The minimum Gasteiger partial charge on any atom is -0.327 e. The maximum absolute atomic E-state index is 5.87. The zero-order chi connectivity index (χ0) is 9.54. The lowest BCUT2D eigenvalue weighted by molar-refractivity contribution is 0.997. The van der Waals surface area contributed by atoms with Crippen LogP contribution in [-0.2, 0) is 0 Å². The molecule has 1 aliphatic carbocycles. The van der Waals surface area contributed by atoms with Crippen LogP contribution in [0.15, 0.2) is 36.7 Å². The summed E-state index contributed by atoms with van der Waals surface area (Å²) >= 11 is 0. The van der Waals surface area contributed by atoms with E-state index < -0.39 is 0 Å². The largest absolute Gasteiger partial charge is 0.327 e. The molecule has 0 saturated heterocycles. The monoisotopic (exact) mass is 184 g/mol. The van der Waals surface area contributed by atoms with E-state index in [4.69, 9.17) is 5.73 Å². The molecule has 2 aromatic rings. The van der Waals surface area contributed by atoms with Crippen molar-refractivity contribution in [2.75, 3.05) is 0 Å². The molecule has 2 heteroatoms. The Balaban J connectivity index is 2.23. The van der Waals surface area contributed by atoms with E-state index in [2.05, 4.69) is 29.2 Å². The van der Waals surface area contributed by atoms with Gasteiger partial charge in [0.1, 0.15) is 0 Å². The Morgan fingerprint density at radius 1 is 1.29 bits per heavy atom. The molecule has 1 fully saturated rings. The first kappa shape index (κ1) is 7.94. The fourth-order valence-corrected chi connectivity index (χ4v) is 2.04. The molecule has 1 heterocycles. The standard InChI is InChI=1S/C12H12N2/c13-12-6-11(12)10-3-1-2-8-7-14-5-4-9(8)10/h1-5,7,11-12H,6,13H2. The molecule has 0 spiro atoms. The smallest absolute Gasteiger partial charge is 0.0346 e. The van der Waals surface area contributed by atoms with Gasteiger partial charge >= 0.3 is 0 Å². The van der Waals surface area contributed by atoms with Crippen LogP contribution in [0.1, 0.15) is 17.9 Å². The Morgan fingerprint density at radius 2 is 2.14 bits per heavy atom. The fourth-order valence-electron chi connectivity index (χ4n) is 2.04. The van der Waals surface area contributed by atoms with Gasteiger partial charge in [-0.05, 0) is 23.4 Å². The van der Waals surface area contributed by atoms with Crippen LogP contribution in [0.25, 0.3) is 10.8 Å². The van der Waals surface area contributed by atoms with E-state index in [9.17, 15) is 0 Å². The number of pyridine rings is 1. The summed E-state index contributed by atoms with van der Waals surface area (Å²) in [6.45, 7) is 0. The summed E-state index contributed by atoms with van der Waals surface area (Å²) in [5, 5.41) is 2.52. The minimum absolute atomic E-state index is 0.369. The Kier molecular flexibility index (Phi) is 1.58. The number of hydrogen-bond acceptors (Lipinski definition) is 2. The second-order valence-electron chi connectivity index (χ2n) is 3.95. The second-order valence-corrected chi connectivity index (χ2v) is 3.95.